The molecule has 4 atom stereocenters. The smallest absolute Gasteiger partial charge is 0.187 e. The normalized spacial score (nSPS) is 30.5. The number of aliphatic hydroxyl groups is 1. The lowest BCUT2D eigenvalue weighted by molar-refractivity contribution is -0.259. The molecule has 0 aromatic heterocycles. The summed E-state index contributed by atoms with van der Waals surface area (Å²) in [5.41, 5.74) is 0.146. The van der Waals surface area contributed by atoms with Crippen molar-refractivity contribution in [3.63, 3.8) is 0 Å². The van der Waals surface area contributed by atoms with Gasteiger partial charge in [-0.05, 0) is 32.3 Å². The molecule has 2 heterocycles. The van der Waals surface area contributed by atoms with Gasteiger partial charge in [-0.2, -0.15) is 0 Å². The van der Waals surface area contributed by atoms with Crippen LogP contribution in [0.1, 0.15) is 58.9 Å². The van der Waals surface area contributed by atoms with Crippen LogP contribution in [0.5, 0.6) is 0 Å². The van der Waals surface area contributed by atoms with Gasteiger partial charge in [0.15, 0.2) is 12.1 Å². The van der Waals surface area contributed by atoms with Crippen LogP contribution < -0.4 is 0 Å². The van der Waals surface area contributed by atoms with Crippen molar-refractivity contribution in [1.29, 1.82) is 0 Å². The van der Waals surface area contributed by atoms with E-state index in [2.05, 4.69) is 13.8 Å². The second kappa shape index (κ2) is 7.95. The van der Waals surface area contributed by atoms with Gasteiger partial charge in [-0.1, -0.05) is 57.0 Å². The summed E-state index contributed by atoms with van der Waals surface area (Å²) in [6.07, 6.45) is 1.45. The Balaban J connectivity index is 1.76. The van der Waals surface area contributed by atoms with Crippen LogP contribution in [0.25, 0.3) is 0 Å². The molecule has 1 aromatic carbocycles. The van der Waals surface area contributed by atoms with E-state index in [4.69, 9.17) is 18.9 Å². The third kappa shape index (κ3) is 4.12. The van der Waals surface area contributed by atoms with E-state index in [1.165, 1.54) is 0 Å². The van der Waals surface area contributed by atoms with Crippen LogP contribution in [0.3, 0.4) is 0 Å². The Hall–Kier alpha value is -0.980. The zero-order valence-corrected chi connectivity index (χ0v) is 16.3. The van der Waals surface area contributed by atoms with Crippen LogP contribution in [-0.4, -0.2) is 41.1 Å². The first-order chi connectivity index (χ1) is 12.4. The van der Waals surface area contributed by atoms with Gasteiger partial charge in [-0.3, -0.25) is 0 Å². The summed E-state index contributed by atoms with van der Waals surface area (Å²) in [7, 11) is 0. The largest absolute Gasteiger partial charge is 0.387 e. The van der Waals surface area contributed by atoms with Crippen molar-refractivity contribution in [3.8, 4) is 0 Å². The van der Waals surface area contributed by atoms with Gasteiger partial charge in [0.1, 0.15) is 18.3 Å². The quantitative estimate of drug-likeness (QED) is 0.761. The average Bonchev–Trinajstić information content (AvgIpc) is 3.08. The predicted octanol–water partition coefficient (Wildman–Crippen LogP) is 3.78. The molecule has 2 aliphatic rings. The molecule has 0 radical (unpaired) electrons. The maximum absolute atomic E-state index is 11.3. The molecule has 146 valence electrons. The Morgan fingerprint density at radius 1 is 1.04 bits per heavy atom. The van der Waals surface area contributed by atoms with E-state index in [1.54, 1.807) is 0 Å². The second-order valence-electron chi connectivity index (χ2n) is 7.89. The van der Waals surface area contributed by atoms with Crippen LogP contribution >= 0.6 is 0 Å². The van der Waals surface area contributed by atoms with Crippen molar-refractivity contribution in [2.24, 2.45) is 0 Å². The van der Waals surface area contributed by atoms with Gasteiger partial charge in [0.25, 0.3) is 0 Å². The molecule has 0 saturated carbocycles. The standard InChI is InChI=1S/C21H32O5/c1-5-12-21(22,13-6-2)18-16-17(26-20(3,4)25-16)19(24-18)23-14-15-10-8-7-9-11-15/h7-11,16-19,22H,5-6,12-14H2,1-4H3/t16-,17+,18+,19+/m0/s1. The minimum atomic E-state index is -0.930. The van der Waals surface area contributed by atoms with Crippen LogP contribution in [0, 0.1) is 0 Å². The highest BCUT2D eigenvalue weighted by Crippen LogP contribution is 2.44. The van der Waals surface area contributed by atoms with Crippen molar-refractivity contribution in [2.45, 2.75) is 96.0 Å². The molecule has 0 amide bonds. The molecule has 0 spiro atoms. The summed E-state index contributed by atoms with van der Waals surface area (Å²) in [5.74, 6) is -0.703. The monoisotopic (exact) mass is 364 g/mol. The average molecular weight is 364 g/mol. The summed E-state index contributed by atoms with van der Waals surface area (Å²) in [6, 6.07) is 9.99. The molecule has 1 aromatic rings. The Bertz CT molecular complexity index is 567. The maximum Gasteiger partial charge on any atom is 0.187 e. The van der Waals surface area contributed by atoms with E-state index in [0.717, 1.165) is 18.4 Å². The fraction of sp³-hybridized carbons (Fsp3) is 0.714. The van der Waals surface area contributed by atoms with Gasteiger partial charge in [-0.25, -0.2) is 0 Å². The van der Waals surface area contributed by atoms with Crippen LogP contribution in [0.15, 0.2) is 30.3 Å². The van der Waals surface area contributed by atoms with Crippen molar-refractivity contribution in [2.75, 3.05) is 0 Å². The minimum absolute atomic E-state index is 0.325. The number of hydrogen-bond donors (Lipinski definition) is 1. The molecule has 1 N–H and O–H groups in total. The van der Waals surface area contributed by atoms with Gasteiger partial charge < -0.3 is 24.1 Å². The third-order valence-corrected chi connectivity index (χ3v) is 5.16. The lowest BCUT2D eigenvalue weighted by Gasteiger charge is -2.36. The van der Waals surface area contributed by atoms with E-state index in [1.807, 2.05) is 44.2 Å². The molecule has 5 heteroatoms. The van der Waals surface area contributed by atoms with E-state index >= 15 is 0 Å². The summed E-state index contributed by atoms with van der Waals surface area (Å²) in [6.45, 7) is 8.38. The molecular formula is C21H32O5. The number of ether oxygens (including phenoxy) is 4. The summed E-state index contributed by atoms with van der Waals surface area (Å²) < 4.78 is 24.4. The van der Waals surface area contributed by atoms with Crippen LogP contribution in [0.2, 0.25) is 0 Å². The number of benzene rings is 1. The highest BCUT2D eigenvalue weighted by Gasteiger charge is 2.60. The van der Waals surface area contributed by atoms with E-state index < -0.39 is 23.8 Å². The molecule has 3 rings (SSSR count). The lowest BCUT2D eigenvalue weighted by atomic mass is 9.84. The van der Waals surface area contributed by atoms with E-state index in [-0.39, 0.29) is 12.2 Å². The molecule has 2 fully saturated rings. The molecule has 0 bridgehead atoms. The number of fused-ring (bicyclic) bond motifs is 1. The van der Waals surface area contributed by atoms with Gasteiger partial charge in [0.2, 0.25) is 0 Å². The van der Waals surface area contributed by atoms with Gasteiger partial charge in [-0.15, -0.1) is 0 Å². The Kier molecular flexibility index (Phi) is 6.04. The Labute approximate surface area is 156 Å². The summed E-state index contributed by atoms with van der Waals surface area (Å²) >= 11 is 0. The lowest BCUT2D eigenvalue weighted by Crippen LogP contribution is -2.49. The van der Waals surface area contributed by atoms with E-state index in [9.17, 15) is 5.11 Å². The first kappa shape index (κ1) is 19.8. The van der Waals surface area contributed by atoms with Crippen LogP contribution in [0.4, 0.5) is 0 Å². The molecule has 0 unspecified atom stereocenters. The van der Waals surface area contributed by atoms with E-state index in [0.29, 0.717) is 19.4 Å². The van der Waals surface area contributed by atoms with Gasteiger partial charge >= 0.3 is 0 Å². The topological polar surface area (TPSA) is 57.2 Å². The van der Waals surface area contributed by atoms with Gasteiger partial charge in [0.05, 0.1) is 12.2 Å². The molecule has 2 aliphatic heterocycles. The highest BCUT2D eigenvalue weighted by atomic mass is 16.8. The van der Waals surface area contributed by atoms with Crippen molar-refractivity contribution in [3.05, 3.63) is 35.9 Å². The highest BCUT2D eigenvalue weighted by molar-refractivity contribution is 5.13. The summed E-state index contributed by atoms with van der Waals surface area (Å²) in [5, 5.41) is 11.3. The minimum Gasteiger partial charge on any atom is -0.387 e. The predicted molar refractivity (Wildman–Crippen MR) is 98.5 cm³/mol. The van der Waals surface area contributed by atoms with Crippen molar-refractivity contribution < 1.29 is 24.1 Å². The third-order valence-electron chi connectivity index (χ3n) is 5.16. The fourth-order valence-corrected chi connectivity index (χ4v) is 4.16. The fourth-order valence-electron chi connectivity index (χ4n) is 4.16. The molecule has 0 aliphatic carbocycles. The van der Waals surface area contributed by atoms with Crippen molar-refractivity contribution >= 4 is 0 Å². The first-order valence-corrected chi connectivity index (χ1v) is 9.77. The SMILES string of the molecule is CCCC(O)(CCC)[C@@H]1O[C@@H](OCc2ccccc2)[C@@H]2OC(C)(C)O[C@@H]21. The first-order valence-electron chi connectivity index (χ1n) is 9.77. The molecule has 26 heavy (non-hydrogen) atoms. The zero-order chi connectivity index (χ0) is 18.8. The molecular weight excluding hydrogens is 332 g/mol. The van der Waals surface area contributed by atoms with Gasteiger partial charge in [0, 0.05) is 0 Å². The van der Waals surface area contributed by atoms with Crippen LogP contribution in [-0.2, 0) is 25.6 Å². The number of hydrogen-bond acceptors (Lipinski definition) is 5. The second-order valence-corrected chi connectivity index (χ2v) is 7.89. The molecule has 5 nitrogen and oxygen atoms in total. The summed E-state index contributed by atoms with van der Waals surface area (Å²) in [4.78, 5) is 0. The number of rotatable bonds is 8. The molecule has 2 saturated heterocycles. The Morgan fingerprint density at radius 3 is 2.27 bits per heavy atom. The Morgan fingerprint density at radius 2 is 1.65 bits per heavy atom. The maximum atomic E-state index is 11.3. The van der Waals surface area contributed by atoms with Crippen molar-refractivity contribution in [1.82, 2.24) is 0 Å². The zero-order valence-electron chi connectivity index (χ0n) is 16.3.